The molecule has 0 amide bonds. The summed E-state index contributed by atoms with van der Waals surface area (Å²) in [6.45, 7) is 8.89. The summed E-state index contributed by atoms with van der Waals surface area (Å²) in [5, 5.41) is 0. The number of hydrogen-bond donors (Lipinski definition) is 0. The molecule has 0 radical (unpaired) electrons. The van der Waals surface area contributed by atoms with Crippen molar-refractivity contribution in [3.05, 3.63) is 0 Å². The van der Waals surface area contributed by atoms with E-state index in [1.807, 2.05) is 0 Å². The van der Waals surface area contributed by atoms with Gasteiger partial charge in [-0.1, -0.05) is 0 Å². The second kappa shape index (κ2) is 16.6. The van der Waals surface area contributed by atoms with Gasteiger partial charge in [-0.3, -0.25) is 19.2 Å². The Morgan fingerprint density at radius 1 is 0.567 bits per heavy atom. The van der Waals surface area contributed by atoms with Gasteiger partial charge in [0.05, 0.1) is 39.6 Å². The maximum absolute atomic E-state index is 11.9. The molecule has 0 aromatic heterocycles. The van der Waals surface area contributed by atoms with Crippen molar-refractivity contribution in [1.29, 1.82) is 0 Å². The first-order valence-corrected chi connectivity index (χ1v) is 10.2. The summed E-state index contributed by atoms with van der Waals surface area (Å²) in [7, 11) is 0. The molecular weight excluding hydrogens is 400 g/mol. The van der Waals surface area contributed by atoms with E-state index in [0.717, 1.165) is 0 Å². The third-order valence-corrected chi connectivity index (χ3v) is 3.80. The lowest BCUT2D eigenvalue weighted by atomic mass is 10.1. The standard InChI is InChI=1S/C20H34O10/c1-6-25-17(21)15(18(22)26-7-2)10-12-29-14(5)30-13-11-16(19(23)27-8-3)20(24)28-9-4/h14-16H,6-13H2,1-5H3. The molecule has 0 N–H and O–H groups in total. The van der Waals surface area contributed by atoms with Crippen molar-refractivity contribution in [1.82, 2.24) is 0 Å². The maximum atomic E-state index is 11.9. The molecular formula is C20H34O10. The van der Waals surface area contributed by atoms with Gasteiger partial charge in [0.1, 0.15) is 0 Å². The monoisotopic (exact) mass is 434 g/mol. The molecule has 0 aliphatic carbocycles. The van der Waals surface area contributed by atoms with Crippen molar-refractivity contribution >= 4 is 23.9 Å². The molecule has 10 nitrogen and oxygen atoms in total. The van der Waals surface area contributed by atoms with Crippen LogP contribution >= 0.6 is 0 Å². The van der Waals surface area contributed by atoms with Crippen LogP contribution in [0, 0.1) is 11.8 Å². The molecule has 0 aliphatic rings. The topological polar surface area (TPSA) is 124 Å². The Hall–Kier alpha value is -2.20. The lowest BCUT2D eigenvalue weighted by Gasteiger charge is -2.18. The number of esters is 4. The fourth-order valence-electron chi connectivity index (χ4n) is 2.39. The lowest BCUT2D eigenvalue weighted by molar-refractivity contribution is -0.167. The van der Waals surface area contributed by atoms with E-state index in [9.17, 15) is 19.2 Å². The van der Waals surface area contributed by atoms with Gasteiger partial charge >= 0.3 is 23.9 Å². The Morgan fingerprint density at radius 2 is 0.833 bits per heavy atom. The lowest BCUT2D eigenvalue weighted by Crippen LogP contribution is -2.31. The first-order valence-electron chi connectivity index (χ1n) is 10.2. The molecule has 0 unspecified atom stereocenters. The van der Waals surface area contributed by atoms with Gasteiger partial charge < -0.3 is 28.4 Å². The first-order chi connectivity index (χ1) is 14.3. The fourth-order valence-corrected chi connectivity index (χ4v) is 2.39. The predicted molar refractivity (Wildman–Crippen MR) is 104 cm³/mol. The van der Waals surface area contributed by atoms with E-state index in [1.54, 1.807) is 34.6 Å². The molecule has 0 aromatic carbocycles. The predicted octanol–water partition coefficient (Wildman–Crippen LogP) is 1.63. The van der Waals surface area contributed by atoms with Crippen molar-refractivity contribution in [2.24, 2.45) is 11.8 Å². The summed E-state index contributed by atoms with van der Waals surface area (Å²) in [5.74, 6) is -4.82. The van der Waals surface area contributed by atoms with Crippen LogP contribution in [0.5, 0.6) is 0 Å². The van der Waals surface area contributed by atoms with Gasteiger partial charge in [-0.2, -0.15) is 0 Å². The molecule has 10 heteroatoms. The van der Waals surface area contributed by atoms with Crippen LogP contribution in [0.25, 0.3) is 0 Å². The van der Waals surface area contributed by atoms with Crippen molar-refractivity contribution in [3.63, 3.8) is 0 Å². The second-order valence-electron chi connectivity index (χ2n) is 6.00. The van der Waals surface area contributed by atoms with Crippen LogP contribution < -0.4 is 0 Å². The number of carbonyl (C=O) groups is 4. The van der Waals surface area contributed by atoms with Crippen molar-refractivity contribution in [2.45, 2.75) is 53.8 Å². The Bertz CT molecular complexity index is 452. The molecule has 174 valence electrons. The van der Waals surface area contributed by atoms with E-state index in [1.165, 1.54) is 0 Å². The summed E-state index contributed by atoms with van der Waals surface area (Å²) >= 11 is 0. The van der Waals surface area contributed by atoms with E-state index in [2.05, 4.69) is 0 Å². The van der Waals surface area contributed by atoms with Crippen LogP contribution in [0.15, 0.2) is 0 Å². The van der Waals surface area contributed by atoms with Crippen LogP contribution in [-0.4, -0.2) is 69.8 Å². The van der Waals surface area contributed by atoms with Gasteiger partial charge in [0.15, 0.2) is 18.1 Å². The fraction of sp³-hybridized carbons (Fsp3) is 0.800. The summed E-state index contributed by atoms with van der Waals surface area (Å²) in [4.78, 5) is 47.7. The molecule has 0 saturated carbocycles. The minimum Gasteiger partial charge on any atom is -0.465 e. The maximum Gasteiger partial charge on any atom is 0.320 e. The van der Waals surface area contributed by atoms with Crippen LogP contribution in [0.4, 0.5) is 0 Å². The summed E-state index contributed by atoms with van der Waals surface area (Å²) < 4.78 is 30.5. The Labute approximate surface area is 177 Å². The quantitative estimate of drug-likeness (QED) is 0.153. The molecule has 0 heterocycles. The minimum atomic E-state index is -1.07. The van der Waals surface area contributed by atoms with Crippen molar-refractivity contribution < 1.29 is 47.6 Å². The largest absolute Gasteiger partial charge is 0.465 e. The molecule has 0 saturated heterocycles. The molecule has 0 bridgehead atoms. The van der Waals surface area contributed by atoms with Crippen molar-refractivity contribution in [2.75, 3.05) is 39.6 Å². The summed E-state index contributed by atoms with van der Waals surface area (Å²) in [6, 6.07) is 0. The van der Waals surface area contributed by atoms with Gasteiger partial charge in [-0.15, -0.1) is 0 Å². The zero-order valence-corrected chi connectivity index (χ0v) is 18.5. The van der Waals surface area contributed by atoms with Crippen LogP contribution in [0.3, 0.4) is 0 Å². The summed E-state index contributed by atoms with van der Waals surface area (Å²) in [6.07, 6.45) is -0.556. The highest BCUT2D eigenvalue weighted by molar-refractivity contribution is 5.95. The average molecular weight is 434 g/mol. The normalized spacial score (nSPS) is 10.9. The zero-order chi connectivity index (χ0) is 22.9. The molecule has 0 aliphatic heterocycles. The third-order valence-electron chi connectivity index (χ3n) is 3.80. The number of ether oxygens (including phenoxy) is 6. The average Bonchev–Trinajstić information content (AvgIpc) is 2.69. The van der Waals surface area contributed by atoms with E-state index in [-0.39, 0.29) is 52.5 Å². The molecule has 0 fully saturated rings. The number of carbonyl (C=O) groups excluding carboxylic acids is 4. The van der Waals surface area contributed by atoms with Crippen LogP contribution in [0.1, 0.15) is 47.5 Å². The van der Waals surface area contributed by atoms with Gasteiger partial charge in [-0.05, 0) is 47.5 Å². The van der Waals surface area contributed by atoms with E-state index < -0.39 is 42.0 Å². The highest BCUT2D eigenvalue weighted by Gasteiger charge is 2.30. The SMILES string of the molecule is CCOC(=O)C(CCOC(C)OCCC(C(=O)OCC)C(=O)OCC)C(=O)OCC. The molecule has 0 atom stereocenters. The Kier molecular flexibility index (Phi) is 15.4. The van der Waals surface area contributed by atoms with Gasteiger partial charge in [0.25, 0.3) is 0 Å². The second-order valence-corrected chi connectivity index (χ2v) is 6.00. The zero-order valence-electron chi connectivity index (χ0n) is 18.5. The van der Waals surface area contributed by atoms with E-state index in [4.69, 9.17) is 28.4 Å². The van der Waals surface area contributed by atoms with Gasteiger partial charge in [0.2, 0.25) is 0 Å². The van der Waals surface area contributed by atoms with Crippen molar-refractivity contribution in [3.8, 4) is 0 Å². The molecule has 30 heavy (non-hydrogen) atoms. The minimum absolute atomic E-state index is 0.0443. The highest BCUT2D eigenvalue weighted by Crippen LogP contribution is 2.13. The molecule has 0 aromatic rings. The molecule has 0 rings (SSSR count). The number of hydrogen-bond acceptors (Lipinski definition) is 10. The molecule has 0 spiro atoms. The number of rotatable bonds is 16. The van der Waals surface area contributed by atoms with Gasteiger partial charge in [0, 0.05) is 0 Å². The van der Waals surface area contributed by atoms with E-state index >= 15 is 0 Å². The third kappa shape index (κ3) is 11.1. The van der Waals surface area contributed by atoms with Crippen LogP contribution in [0.2, 0.25) is 0 Å². The smallest absolute Gasteiger partial charge is 0.320 e. The summed E-state index contributed by atoms with van der Waals surface area (Å²) in [5.41, 5.74) is 0. The first kappa shape index (κ1) is 27.8. The van der Waals surface area contributed by atoms with E-state index in [0.29, 0.717) is 0 Å². The van der Waals surface area contributed by atoms with Crippen LogP contribution in [-0.2, 0) is 47.6 Å². The Balaban J connectivity index is 4.50. The van der Waals surface area contributed by atoms with Gasteiger partial charge in [-0.25, -0.2) is 0 Å². The Morgan fingerprint density at radius 3 is 1.07 bits per heavy atom. The highest BCUT2D eigenvalue weighted by atomic mass is 16.7.